The number of likely N-dealkylation sites (tertiary alicyclic amines) is 1. The van der Waals surface area contributed by atoms with Crippen LogP contribution in [0.25, 0.3) is 0 Å². The summed E-state index contributed by atoms with van der Waals surface area (Å²) >= 11 is 0. The standard InChI is InChI=1S/C15H29N3O/c1-12(2)9-16-10-14-5-3-4-8-18(14)11-15(19)17-13-6-7-13/h12-14,16H,3-11H2,1-2H3,(H,17,19). The second-order valence-electron chi connectivity index (χ2n) is 6.51. The molecular weight excluding hydrogens is 238 g/mol. The first kappa shape index (κ1) is 14.8. The van der Waals surface area contributed by atoms with E-state index >= 15 is 0 Å². The maximum atomic E-state index is 11.9. The topological polar surface area (TPSA) is 44.4 Å². The lowest BCUT2D eigenvalue weighted by atomic mass is 10.0. The molecule has 0 aromatic rings. The fraction of sp³-hybridized carbons (Fsp3) is 0.933. The lowest BCUT2D eigenvalue weighted by Gasteiger charge is -2.35. The van der Waals surface area contributed by atoms with Crippen molar-refractivity contribution in [3.63, 3.8) is 0 Å². The van der Waals surface area contributed by atoms with Crippen molar-refractivity contribution in [2.75, 3.05) is 26.2 Å². The highest BCUT2D eigenvalue weighted by atomic mass is 16.2. The van der Waals surface area contributed by atoms with Gasteiger partial charge in [0.05, 0.1) is 6.54 Å². The van der Waals surface area contributed by atoms with Crippen molar-refractivity contribution >= 4 is 5.91 Å². The molecule has 1 saturated heterocycles. The number of hydrogen-bond acceptors (Lipinski definition) is 3. The number of nitrogens with one attached hydrogen (secondary N) is 2. The summed E-state index contributed by atoms with van der Waals surface area (Å²) in [7, 11) is 0. The Labute approximate surface area is 117 Å². The third kappa shape index (κ3) is 5.49. The van der Waals surface area contributed by atoms with Crippen LogP contribution in [0.2, 0.25) is 0 Å². The number of amides is 1. The summed E-state index contributed by atoms with van der Waals surface area (Å²) in [5.41, 5.74) is 0. The molecule has 0 spiro atoms. The Hall–Kier alpha value is -0.610. The number of carbonyl (C=O) groups excluding carboxylic acids is 1. The molecule has 0 bridgehead atoms. The zero-order valence-electron chi connectivity index (χ0n) is 12.5. The molecule has 2 aliphatic rings. The first-order valence-corrected chi connectivity index (χ1v) is 7.89. The lowest BCUT2D eigenvalue weighted by Crippen LogP contribution is -2.50. The second-order valence-corrected chi connectivity index (χ2v) is 6.51. The molecule has 0 aromatic heterocycles. The fourth-order valence-electron chi connectivity index (χ4n) is 2.72. The van der Waals surface area contributed by atoms with Crippen molar-refractivity contribution in [3.8, 4) is 0 Å². The van der Waals surface area contributed by atoms with Crippen molar-refractivity contribution in [1.82, 2.24) is 15.5 Å². The van der Waals surface area contributed by atoms with Crippen LogP contribution in [0.1, 0.15) is 46.0 Å². The molecule has 110 valence electrons. The van der Waals surface area contributed by atoms with Crippen molar-refractivity contribution in [1.29, 1.82) is 0 Å². The predicted molar refractivity (Wildman–Crippen MR) is 78.1 cm³/mol. The molecule has 2 rings (SSSR count). The molecule has 1 atom stereocenters. The Bertz CT molecular complexity index is 289. The van der Waals surface area contributed by atoms with Crippen LogP contribution in [0.15, 0.2) is 0 Å². The van der Waals surface area contributed by atoms with Crippen LogP contribution in [0.3, 0.4) is 0 Å². The highest BCUT2D eigenvalue weighted by molar-refractivity contribution is 5.78. The van der Waals surface area contributed by atoms with Gasteiger partial charge in [0.25, 0.3) is 0 Å². The average Bonchev–Trinajstić information content (AvgIpc) is 3.14. The highest BCUT2D eigenvalue weighted by Gasteiger charge is 2.27. The largest absolute Gasteiger partial charge is 0.352 e. The fourth-order valence-corrected chi connectivity index (χ4v) is 2.72. The van der Waals surface area contributed by atoms with Gasteiger partial charge in [-0.05, 0) is 44.7 Å². The van der Waals surface area contributed by atoms with E-state index in [0.717, 1.165) is 19.6 Å². The highest BCUT2D eigenvalue weighted by Crippen LogP contribution is 2.19. The predicted octanol–water partition coefficient (Wildman–Crippen LogP) is 1.37. The number of rotatable bonds is 7. The van der Waals surface area contributed by atoms with E-state index in [9.17, 15) is 4.79 Å². The molecule has 4 heteroatoms. The Kier molecular flexibility index (Phi) is 5.64. The van der Waals surface area contributed by atoms with Gasteiger partial charge in [0.1, 0.15) is 0 Å². The summed E-state index contributed by atoms with van der Waals surface area (Å²) in [6.07, 6.45) is 6.10. The van der Waals surface area contributed by atoms with Crippen LogP contribution >= 0.6 is 0 Å². The molecule has 1 aliphatic heterocycles. The van der Waals surface area contributed by atoms with Gasteiger partial charge in [-0.2, -0.15) is 0 Å². The van der Waals surface area contributed by atoms with E-state index in [2.05, 4.69) is 29.4 Å². The van der Waals surface area contributed by atoms with Gasteiger partial charge in [0.15, 0.2) is 0 Å². The first-order valence-electron chi connectivity index (χ1n) is 7.89. The Morgan fingerprint density at radius 2 is 2.05 bits per heavy atom. The smallest absolute Gasteiger partial charge is 0.234 e. The number of piperidine rings is 1. The van der Waals surface area contributed by atoms with Crippen LogP contribution in [-0.4, -0.2) is 49.1 Å². The quantitative estimate of drug-likeness (QED) is 0.732. The SMILES string of the molecule is CC(C)CNCC1CCCCN1CC(=O)NC1CC1. The molecule has 2 fully saturated rings. The minimum Gasteiger partial charge on any atom is -0.352 e. The third-order valence-corrected chi connectivity index (χ3v) is 3.97. The van der Waals surface area contributed by atoms with E-state index in [1.807, 2.05) is 0 Å². The van der Waals surface area contributed by atoms with Gasteiger partial charge in [-0.15, -0.1) is 0 Å². The van der Waals surface area contributed by atoms with Gasteiger partial charge < -0.3 is 10.6 Å². The van der Waals surface area contributed by atoms with Gasteiger partial charge in [0.2, 0.25) is 5.91 Å². The molecule has 1 saturated carbocycles. The Morgan fingerprint density at radius 1 is 1.26 bits per heavy atom. The van der Waals surface area contributed by atoms with Gasteiger partial charge >= 0.3 is 0 Å². The summed E-state index contributed by atoms with van der Waals surface area (Å²) in [6, 6.07) is 1.02. The van der Waals surface area contributed by atoms with E-state index in [0.29, 0.717) is 24.5 Å². The van der Waals surface area contributed by atoms with Crippen LogP contribution in [-0.2, 0) is 4.79 Å². The van der Waals surface area contributed by atoms with Crippen LogP contribution in [0.5, 0.6) is 0 Å². The molecule has 2 N–H and O–H groups in total. The van der Waals surface area contributed by atoms with Crippen molar-refractivity contribution in [2.45, 2.75) is 58.0 Å². The van der Waals surface area contributed by atoms with Gasteiger partial charge in [-0.3, -0.25) is 9.69 Å². The summed E-state index contributed by atoms with van der Waals surface area (Å²) in [5.74, 6) is 0.911. The molecule has 19 heavy (non-hydrogen) atoms. The summed E-state index contributed by atoms with van der Waals surface area (Å²) in [5, 5.41) is 6.63. The maximum Gasteiger partial charge on any atom is 0.234 e. The molecular formula is C15H29N3O. The minimum absolute atomic E-state index is 0.221. The normalized spacial score (nSPS) is 24.7. The van der Waals surface area contributed by atoms with Crippen LogP contribution in [0.4, 0.5) is 0 Å². The monoisotopic (exact) mass is 267 g/mol. The Balaban J connectivity index is 1.72. The zero-order chi connectivity index (χ0) is 13.7. The molecule has 4 nitrogen and oxygen atoms in total. The Morgan fingerprint density at radius 3 is 2.74 bits per heavy atom. The van der Waals surface area contributed by atoms with E-state index in [1.54, 1.807) is 0 Å². The lowest BCUT2D eigenvalue weighted by molar-refractivity contribution is -0.123. The van der Waals surface area contributed by atoms with E-state index < -0.39 is 0 Å². The zero-order valence-corrected chi connectivity index (χ0v) is 12.5. The van der Waals surface area contributed by atoms with Crippen LogP contribution in [0, 0.1) is 5.92 Å². The minimum atomic E-state index is 0.221. The molecule has 1 unspecified atom stereocenters. The first-order chi connectivity index (χ1) is 9.15. The molecule has 0 aromatic carbocycles. The van der Waals surface area contributed by atoms with Gasteiger partial charge in [-0.25, -0.2) is 0 Å². The molecule has 1 heterocycles. The van der Waals surface area contributed by atoms with Crippen LogP contribution < -0.4 is 10.6 Å². The van der Waals surface area contributed by atoms with Gasteiger partial charge in [-0.1, -0.05) is 20.3 Å². The van der Waals surface area contributed by atoms with Crippen molar-refractivity contribution in [2.24, 2.45) is 5.92 Å². The molecule has 1 aliphatic carbocycles. The number of nitrogens with zero attached hydrogens (tertiary/aromatic N) is 1. The summed E-state index contributed by atoms with van der Waals surface area (Å²) < 4.78 is 0. The molecule has 0 radical (unpaired) electrons. The van der Waals surface area contributed by atoms with E-state index in [1.165, 1.54) is 32.1 Å². The number of hydrogen-bond donors (Lipinski definition) is 2. The van der Waals surface area contributed by atoms with Crippen molar-refractivity contribution in [3.05, 3.63) is 0 Å². The van der Waals surface area contributed by atoms with E-state index in [-0.39, 0.29) is 5.91 Å². The second kappa shape index (κ2) is 7.25. The molecule has 1 amide bonds. The average molecular weight is 267 g/mol. The summed E-state index contributed by atoms with van der Waals surface area (Å²) in [6.45, 7) is 8.22. The van der Waals surface area contributed by atoms with E-state index in [4.69, 9.17) is 0 Å². The van der Waals surface area contributed by atoms with Gasteiger partial charge in [0, 0.05) is 18.6 Å². The number of carbonyl (C=O) groups is 1. The summed E-state index contributed by atoms with van der Waals surface area (Å²) in [4.78, 5) is 14.3. The third-order valence-electron chi connectivity index (χ3n) is 3.97. The maximum absolute atomic E-state index is 11.9. The van der Waals surface area contributed by atoms with Crippen molar-refractivity contribution < 1.29 is 4.79 Å².